The lowest BCUT2D eigenvalue weighted by Gasteiger charge is -2.40. The zero-order valence-corrected chi connectivity index (χ0v) is 50.3. The molecule has 1 fully saturated rings. The van der Waals surface area contributed by atoms with Crippen molar-refractivity contribution in [2.75, 3.05) is 13.2 Å². The molecule has 1 aliphatic heterocycles. The summed E-state index contributed by atoms with van der Waals surface area (Å²) >= 11 is 0. The van der Waals surface area contributed by atoms with E-state index in [1.165, 1.54) is 283 Å². The monoisotopic (exact) mass is 1080 g/mol. The number of hydrogen-bond donors (Lipinski definition) is 6. The number of rotatable bonds is 59. The molecule has 0 spiro atoms. The number of nitrogens with one attached hydrogen (secondary N) is 1. The van der Waals surface area contributed by atoms with Crippen molar-refractivity contribution < 1.29 is 39.8 Å². The first-order valence-electron chi connectivity index (χ1n) is 33.6. The van der Waals surface area contributed by atoms with Gasteiger partial charge >= 0.3 is 0 Å². The predicted molar refractivity (Wildman–Crippen MR) is 323 cm³/mol. The molecule has 9 heteroatoms. The van der Waals surface area contributed by atoms with Gasteiger partial charge in [0.2, 0.25) is 5.91 Å². The summed E-state index contributed by atoms with van der Waals surface area (Å²) in [5.74, 6) is -0.171. The van der Waals surface area contributed by atoms with E-state index in [4.69, 9.17) is 9.47 Å². The molecular formula is C67H129NO8. The van der Waals surface area contributed by atoms with Gasteiger partial charge in [-0.15, -0.1) is 0 Å². The van der Waals surface area contributed by atoms with Crippen LogP contribution in [0.3, 0.4) is 0 Å². The van der Waals surface area contributed by atoms with Crippen molar-refractivity contribution in [2.45, 2.75) is 384 Å². The Morgan fingerprint density at radius 1 is 0.434 bits per heavy atom. The van der Waals surface area contributed by atoms with Gasteiger partial charge in [-0.2, -0.15) is 0 Å². The fraction of sp³-hybridized carbons (Fsp3) is 0.925. The fourth-order valence-electron chi connectivity index (χ4n) is 11.0. The molecule has 6 N–H and O–H groups in total. The van der Waals surface area contributed by atoms with Crippen LogP contribution in [0.25, 0.3) is 0 Å². The van der Waals surface area contributed by atoms with Crippen molar-refractivity contribution in [3.05, 3.63) is 24.3 Å². The average molecular weight is 1080 g/mol. The third kappa shape index (κ3) is 45.4. The quantitative estimate of drug-likeness (QED) is 0.0261. The number of unbranched alkanes of at least 4 members (excludes halogenated alkanes) is 47. The first-order valence-corrected chi connectivity index (χ1v) is 33.6. The Balaban J connectivity index is 2.15. The highest BCUT2D eigenvalue weighted by atomic mass is 16.7. The molecule has 0 radical (unpaired) electrons. The molecule has 450 valence electrons. The Labute approximate surface area is 470 Å². The average Bonchev–Trinajstić information content (AvgIpc) is 3.42. The van der Waals surface area contributed by atoms with E-state index in [1.807, 2.05) is 6.08 Å². The van der Waals surface area contributed by atoms with Crippen molar-refractivity contribution in [1.29, 1.82) is 0 Å². The third-order valence-electron chi connectivity index (χ3n) is 16.3. The van der Waals surface area contributed by atoms with Gasteiger partial charge in [0.25, 0.3) is 0 Å². The molecule has 9 nitrogen and oxygen atoms in total. The lowest BCUT2D eigenvalue weighted by Crippen LogP contribution is -2.60. The molecule has 0 aromatic heterocycles. The van der Waals surface area contributed by atoms with E-state index >= 15 is 0 Å². The van der Waals surface area contributed by atoms with Gasteiger partial charge in [0.05, 0.1) is 25.4 Å². The van der Waals surface area contributed by atoms with Crippen LogP contribution in [-0.4, -0.2) is 87.5 Å². The maximum Gasteiger partial charge on any atom is 0.220 e. The van der Waals surface area contributed by atoms with Crippen LogP contribution >= 0.6 is 0 Å². The summed E-state index contributed by atoms with van der Waals surface area (Å²) in [6.07, 6.45) is 67.0. The molecule has 7 unspecified atom stereocenters. The van der Waals surface area contributed by atoms with E-state index < -0.39 is 49.5 Å². The van der Waals surface area contributed by atoms with Gasteiger partial charge in [-0.25, -0.2) is 0 Å². The van der Waals surface area contributed by atoms with Crippen molar-refractivity contribution in [3.8, 4) is 0 Å². The van der Waals surface area contributed by atoms with Crippen LogP contribution in [0, 0.1) is 0 Å². The summed E-state index contributed by atoms with van der Waals surface area (Å²) in [6.45, 7) is 3.83. The number of ether oxygens (including phenoxy) is 2. The summed E-state index contributed by atoms with van der Waals surface area (Å²) < 4.78 is 11.3. The number of allylic oxidation sites excluding steroid dienone is 3. The Morgan fingerprint density at radius 3 is 1.07 bits per heavy atom. The lowest BCUT2D eigenvalue weighted by molar-refractivity contribution is -0.302. The maximum absolute atomic E-state index is 13.1. The number of aliphatic hydroxyl groups is 5. The topological polar surface area (TPSA) is 149 Å². The molecule has 1 aliphatic rings. The maximum atomic E-state index is 13.1. The number of amides is 1. The summed E-state index contributed by atoms with van der Waals surface area (Å²) in [7, 11) is 0. The number of carbonyl (C=O) groups excluding carboxylic acids is 1. The molecule has 1 heterocycles. The smallest absolute Gasteiger partial charge is 0.220 e. The highest BCUT2D eigenvalue weighted by Crippen LogP contribution is 2.23. The zero-order valence-electron chi connectivity index (χ0n) is 50.3. The largest absolute Gasteiger partial charge is 0.394 e. The van der Waals surface area contributed by atoms with Crippen LogP contribution in [0.15, 0.2) is 24.3 Å². The minimum atomic E-state index is -1.57. The van der Waals surface area contributed by atoms with Crippen molar-refractivity contribution in [2.24, 2.45) is 0 Å². The van der Waals surface area contributed by atoms with Crippen LogP contribution in [-0.2, 0) is 14.3 Å². The van der Waals surface area contributed by atoms with Gasteiger partial charge in [0, 0.05) is 6.42 Å². The van der Waals surface area contributed by atoms with Gasteiger partial charge in [-0.1, -0.05) is 314 Å². The highest BCUT2D eigenvalue weighted by Gasteiger charge is 2.44. The second-order valence-corrected chi connectivity index (χ2v) is 23.6. The molecule has 0 bridgehead atoms. The second kappa shape index (κ2) is 56.9. The van der Waals surface area contributed by atoms with E-state index in [0.29, 0.717) is 6.42 Å². The van der Waals surface area contributed by atoms with Crippen LogP contribution in [0.1, 0.15) is 341 Å². The van der Waals surface area contributed by atoms with Crippen molar-refractivity contribution in [3.63, 3.8) is 0 Å². The molecule has 0 aromatic carbocycles. The van der Waals surface area contributed by atoms with Gasteiger partial charge < -0.3 is 40.3 Å². The summed E-state index contributed by atoms with van der Waals surface area (Å²) in [4.78, 5) is 13.1. The van der Waals surface area contributed by atoms with Crippen LogP contribution in [0.4, 0.5) is 0 Å². The Kier molecular flexibility index (Phi) is 54.4. The van der Waals surface area contributed by atoms with E-state index in [1.54, 1.807) is 6.08 Å². The normalized spacial score (nSPS) is 18.9. The minimum Gasteiger partial charge on any atom is -0.394 e. The zero-order chi connectivity index (χ0) is 55.0. The van der Waals surface area contributed by atoms with Crippen molar-refractivity contribution >= 4 is 5.91 Å². The van der Waals surface area contributed by atoms with Crippen LogP contribution < -0.4 is 5.32 Å². The molecular weight excluding hydrogens is 947 g/mol. The van der Waals surface area contributed by atoms with E-state index in [0.717, 1.165) is 38.5 Å². The van der Waals surface area contributed by atoms with Crippen LogP contribution in [0.5, 0.6) is 0 Å². The van der Waals surface area contributed by atoms with Gasteiger partial charge in [-0.05, 0) is 44.9 Å². The fourth-order valence-corrected chi connectivity index (χ4v) is 11.0. The second-order valence-electron chi connectivity index (χ2n) is 23.6. The lowest BCUT2D eigenvalue weighted by atomic mass is 9.99. The number of hydrogen-bond acceptors (Lipinski definition) is 8. The summed E-state index contributed by atoms with van der Waals surface area (Å²) in [6, 6.07) is -0.805. The highest BCUT2D eigenvalue weighted by molar-refractivity contribution is 5.76. The Bertz CT molecular complexity index is 1250. The minimum absolute atomic E-state index is 0.171. The van der Waals surface area contributed by atoms with E-state index in [-0.39, 0.29) is 12.5 Å². The molecule has 76 heavy (non-hydrogen) atoms. The molecule has 0 aromatic rings. The standard InChI is InChI=1S/C67H129NO8/c1-3-5-7-9-11-13-15-17-19-21-23-25-27-29-30-31-33-35-37-39-41-43-45-47-49-51-53-55-57-63(71)68-60(59-75-67-66(74)65(73)64(72)62(58-69)76-67)61(70)56-54-52-50-48-46-44-42-40-38-36-34-32-28-26-24-22-20-18-16-14-12-10-8-6-4-2/h29-30,54,56,60-62,64-67,69-70,72-74H,3-28,31-53,55,57-59H2,1-2H3,(H,68,71)/b30-29-,56-54+. The third-order valence-corrected chi connectivity index (χ3v) is 16.3. The first-order chi connectivity index (χ1) is 37.3. The summed E-state index contributed by atoms with van der Waals surface area (Å²) in [5, 5.41) is 54.7. The molecule has 7 atom stereocenters. The van der Waals surface area contributed by atoms with Gasteiger partial charge in [-0.3, -0.25) is 4.79 Å². The Morgan fingerprint density at radius 2 is 0.737 bits per heavy atom. The predicted octanol–water partition coefficient (Wildman–Crippen LogP) is 17.7. The molecule has 0 saturated carbocycles. The molecule has 1 saturated heterocycles. The Hall–Kier alpha value is -1.33. The van der Waals surface area contributed by atoms with E-state index in [2.05, 4.69) is 31.3 Å². The van der Waals surface area contributed by atoms with Crippen molar-refractivity contribution in [1.82, 2.24) is 5.32 Å². The van der Waals surface area contributed by atoms with Gasteiger partial charge in [0.1, 0.15) is 24.4 Å². The molecule has 1 rings (SSSR count). The summed E-state index contributed by atoms with van der Waals surface area (Å²) in [5.41, 5.74) is 0. The van der Waals surface area contributed by atoms with Gasteiger partial charge in [0.15, 0.2) is 6.29 Å². The SMILES string of the molecule is CCCCCCCCCCCCCC/C=C\CCCCCCCCCCCCCCC(=O)NC(COC1OC(CO)C(O)C(O)C1O)C(O)/C=C/CCCCCCCCCCCCCCCCCCCCCCCCC. The molecule has 1 amide bonds. The number of aliphatic hydroxyl groups excluding tert-OH is 5. The van der Waals surface area contributed by atoms with E-state index in [9.17, 15) is 30.3 Å². The van der Waals surface area contributed by atoms with Crippen LogP contribution in [0.2, 0.25) is 0 Å². The first kappa shape index (κ1) is 72.7. The molecule has 0 aliphatic carbocycles. The number of carbonyl (C=O) groups is 1.